The van der Waals surface area contributed by atoms with Crippen LogP contribution in [0.15, 0.2) is 48.5 Å². The minimum absolute atomic E-state index is 0.0897. The molecule has 3 heterocycles. The minimum atomic E-state index is -0.410. The molecule has 0 radical (unpaired) electrons. The van der Waals surface area contributed by atoms with E-state index in [-0.39, 0.29) is 11.9 Å². The normalized spacial score (nSPS) is 16.1. The number of hydrogen-bond acceptors (Lipinski definition) is 6. The first-order chi connectivity index (χ1) is 15.1. The molecule has 0 bridgehead atoms. The van der Waals surface area contributed by atoms with E-state index in [1.165, 1.54) is 28.9 Å². The predicted octanol–water partition coefficient (Wildman–Crippen LogP) is 3.93. The Bertz CT molecular complexity index is 1250. The summed E-state index contributed by atoms with van der Waals surface area (Å²) >= 11 is 0. The highest BCUT2D eigenvalue weighted by molar-refractivity contribution is 5.99. The van der Waals surface area contributed by atoms with Crippen molar-refractivity contribution < 1.29 is 13.5 Å². The average Bonchev–Trinajstić information content (AvgIpc) is 3.40. The van der Waals surface area contributed by atoms with Gasteiger partial charge in [0.2, 0.25) is 5.95 Å². The number of fused-ring (bicyclic) bond motifs is 1. The number of halogens is 2. The van der Waals surface area contributed by atoms with Crippen molar-refractivity contribution in [1.82, 2.24) is 19.7 Å². The van der Waals surface area contributed by atoms with Crippen molar-refractivity contribution >= 4 is 22.8 Å². The fourth-order valence-corrected chi connectivity index (χ4v) is 3.75. The molecule has 0 unspecified atom stereocenters. The zero-order valence-electron chi connectivity index (χ0n) is 16.6. The lowest BCUT2D eigenvalue weighted by Crippen LogP contribution is -2.19. The highest BCUT2D eigenvalue weighted by atomic mass is 19.1. The number of nitrogens with one attached hydrogen (secondary N) is 1. The van der Waals surface area contributed by atoms with Gasteiger partial charge in [0.15, 0.2) is 5.65 Å². The van der Waals surface area contributed by atoms with Gasteiger partial charge in [0.05, 0.1) is 22.9 Å². The zero-order chi connectivity index (χ0) is 21.4. The van der Waals surface area contributed by atoms with Crippen LogP contribution in [0.5, 0.6) is 0 Å². The van der Waals surface area contributed by atoms with Gasteiger partial charge in [-0.25, -0.2) is 18.4 Å². The van der Waals surface area contributed by atoms with Crippen LogP contribution in [0.1, 0.15) is 12.8 Å². The van der Waals surface area contributed by atoms with Crippen LogP contribution in [0.4, 0.5) is 20.5 Å². The number of rotatable bonds is 5. The van der Waals surface area contributed by atoms with Gasteiger partial charge in [-0.3, -0.25) is 0 Å². The molecule has 1 aliphatic rings. The number of ether oxygens (including phenoxy) is 1. The summed E-state index contributed by atoms with van der Waals surface area (Å²) in [7, 11) is 0. The number of nitrogens with two attached hydrogens (primary N) is 1. The average molecular weight is 422 g/mol. The van der Waals surface area contributed by atoms with Gasteiger partial charge >= 0.3 is 0 Å². The van der Waals surface area contributed by atoms with Crippen molar-refractivity contribution in [3.05, 3.63) is 60.2 Å². The van der Waals surface area contributed by atoms with Gasteiger partial charge in [-0.2, -0.15) is 4.98 Å². The molecule has 2 aromatic carbocycles. The monoisotopic (exact) mass is 422 g/mol. The Kier molecular flexibility index (Phi) is 4.95. The van der Waals surface area contributed by atoms with E-state index in [0.29, 0.717) is 40.5 Å². The summed E-state index contributed by atoms with van der Waals surface area (Å²) in [6.45, 7) is 1.30. The summed E-state index contributed by atoms with van der Waals surface area (Å²) in [4.78, 5) is 9.10. The maximum absolute atomic E-state index is 14.0. The van der Waals surface area contributed by atoms with Crippen molar-refractivity contribution in [3.63, 3.8) is 0 Å². The second-order valence-electron chi connectivity index (χ2n) is 7.40. The van der Waals surface area contributed by atoms with Gasteiger partial charge in [0.1, 0.15) is 17.5 Å². The highest BCUT2D eigenvalue weighted by Gasteiger charge is 2.21. The largest absolute Gasteiger partial charge is 0.383 e. The first kappa shape index (κ1) is 19.4. The van der Waals surface area contributed by atoms with E-state index < -0.39 is 11.6 Å². The third-order valence-electron chi connectivity index (χ3n) is 5.23. The molecular formula is C22H20F2N6O. The van der Waals surface area contributed by atoms with Crippen molar-refractivity contribution in [2.24, 2.45) is 0 Å². The SMILES string of the molecule is Nc1c2c(-c3cccc(F)c3)nc(NC[C@@H]3CCCO3)nc2nn1-c1cccc(F)c1. The molecule has 1 saturated heterocycles. The standard InChI is InChI=1S/C22H20F2N6O/c23-14-5-1-4-13(10-14)19-18-20(25)30(16-7-2-6-15(24)11-16)29-21(18)28-22(27-19)26-12-17-8-3-9-31-17/h1-2,4-7,10-11,17H,3,8-9,12,25H2,(H,26,28,29)/t17-/m0/s1. The van der Waals surface area contributed by atoms with Gasteiger partial charge in [0.25, 0.3) is 0 Å². The first-order valence-electron chi connectivity index (χ1n) is 10.0. The summed E-state index contributed by atoms with van der Waals surface area (Å²) in [5.41, 5.74) is 8.15. The van der Waals surface area contributed by atoms with Crippen LogP contribution >= 0.6 is 0 Å². The molecule has 0 spiro atoms. The molecule has 0 aliphatic carbocycles. The Labute approximate surface area is 176 Å². The second-order valence-corrected chi connectivity index (χ2v) is 7.40. The maximum atomic E-state index is 14.0. The molecule has 0 saturated carbocycles. The van der Waals surface area contributed by atoms with E-state index >= 15 is 0 Å². The van der Waals surface area contributed by atoms with Gasteiger partial charge in [-0.05, 0) is 43.2 Å². The Balaban J connectivity index is 1.64. The molecule has 2 aromatic heterocycles. The molecule has 158 valence electrons. The van der Waals surface area contributed by atoms with Gasteiger partial charge in [-0.1, -0.05) is 18.2 Å². The lowest BCUT2D eigenvalue weighted by molar-refractivity contribution is 0.120. The van der Waals surface area contributed by atoms with Crippen molar-refractivity contribution in [2.45, 2.75) is 18.9 Å². The number of hydrogen-bond donors (Lipinski definition) is 2. The van der Waals surface area contributed by atoms with Crippen LogP contribution in [-0.2, 0) is 4.74 Å². The fraction of sp³-hybridized carbons (Fsp3) is 0.227. The number of nitrogen functional groups attached to an aromatic ring is 1. The van der Waals surface area contributed by atoms with Crippen LogP contribution in [0, 0.1) is 11.6 Å². The lowest BCUT2D eigenvalue weighted by atomic mass is 10.1. The van der Waals surface area contributed by atoms with Crippen molar-refractivity contribution in [3.8, 4) is 16.9 Å². The Morgan fingerprint density at radius 2 is 1.90 bits per heavy atom. The summed E-state index contributed by atoms with van der Waals surface area (Å²) in [5, 5.41) is 8.14. The Morgan fingerprint density at radius 1 is 1.10 bits per heavy atom. The molecular weight excluding hydrogens is 402 g/mol. The Morgan fingerprint density at radius 3 is 2.65 bits per heavy atom. The number of benzene rings is 2. The van der Waals surface area contributed by atoms with Crippen molar-refractivity contribution in [2.75, 3.05) is 24.2 Å². The zero-order valence-corrected chi connectivity index (χ0v) is 16.6. The van der Waals surface area contributed by atoms with Gasteiger partial charge < -0.3 is 15.8 Å². The molecule has 7 nitrogen and oxygen atoms in total. The lowest BCUT2D eigenvalue weighted by Gasteiger charge is -2.12. The number of nitrogens with zero attached hydrogens (tertiary/aromatic N) is 4. The van der Waals surface area contributed by atoms with Crippen LogP contribution in [-0.4, -0.2) is 39.0 Å². The highest BCUT2D eigenvalue weighted by Crippen LogP contribution is 2.33. The molecule has 4 aromatic rings. The van der Waals surface area contributed by atoms with E-state index in [2.05, 4.69) is 20.4 Å². The molecule has 31 heavy (non-hydrogen) atoms. The molecule has 3 N–H and O–H groups in total. The van der Waals surface area contributed by atoms with Crippen LogP contribution < -0.4 is 11.1 Å². The summed E-state index contributed by atoms with van der Waals surface area (Å²) in [6.07, 6.45) is 2.08. The predicted molar refractivity (Wildman–Crippen MR) is 114 cm³/mol. The topological polar surface area (TPSA) is 90.9 Å². The van der Waals surface area contributed by atoms with Gasteiger partial charge in [0, 0.05) is 18.7 Å². The summed E-state index contributed by atoms with van der Waals surface area (Å²) in [5.74, 6) is -0.224. The number of aromatic nitrogens is 4. The third-order valence-corrected chi connectivity index (χ3v) is 5.23. The molecule has 1 aliphatic heterocycles. The van der Waals surface area contributed by atoms with E-state index in [1.807, 2.05) is 0 Å². The minimum Gasteiger partial charge on any atom is -0.383 e. The fourth-order valence-electron chi connectivity index (χ4n) is 3.75. The van der Waals surface area contributed by atoms with E-state index in [9.17, 15) is 8.78 Å². The van der Waals surface area contributed by atoms with Crippen LogP contribution in [0.3, 0.4) is 0 Å². The quantitative estimate of drug-likeness (QED) is 0.506. The van der Waals surface area contributed by atoms with Gasteiger partial charge in [-0.15, -0.1) is 5.10 Å². The van der Waals surface area contributed by atoms with Crippen molar-refractivity contribution in [1.29, 1.82) is 0 Å². The maximum Gasteiger partial charge on any atom is 0.225 e. The molecule has 1 fully saturated rings. The van der Waals surface area contributed by atoms with Crippen LogP contribution in [0.2, 0.25) is 0 Å². The van der Waals surface area contributed by atoms with E-state index in [1.54, 1.807) is 24.3 Å². The Hall–Kier alpha value is -3.59. The molecule has 5 rings (SSSR count). The summed E-state index contributed by atoms with van der Waals surface area (Å²) in [6, 6.07) is 12.0. The van der Waals surface area contributed by atoms with Crippen LogP contribution in [0.25, 0.3) is 28.0 Å². The first-order valence-corrected chi connectivity index (χ1v) is 10.0. The second kappa shape index (κ2) is 7.92. The van der Waals surface area contributed by atoms with E-state index in [0.717, 1.165) is 19.4 Å². The summed E-state index contributed by atoms with van der Waals surface area (Å²) < 4.78 is 34.8. The molecule has 0 amide bonds. The third kappa shape index (κ3) is 3.79. The van der Waals surface area contributed by atoms with E-state index in [4.69, 9.17) is 10.5 Å². The number of anilines is 2. The molecule has 1 atom stereocenters. The smallest absolute Gasteiger partial charge is 0.225 e. The molecule has 9 heteroatoms.